The number of anilines is 1. The zero-order valence-electron chi connectivity index (χ0n) is 13.9. The lowest BCUT2D eigenvalue weighted by Crippen LogP contribution is -2.04. The first kappa shape index (κ1) is 17.1. The normalized spacial score (nSPS) is 10.9. The predicted molar refractivity (Wildman–Crippen MR) is 102 cm³/mol. The van der Waals surface area contributed by atoms with Crippen LogP contribution >= 0.6 is 11.6 Å². The molecule has 0 spiro atoms. The number of nitrogen functional groups attached to an aromatic ring is 1. The number of halogens is 2. The van der Waals surface area contributed by atoms with Crippen LogP contribution in [-0.4, -0.2) is 15.8 Å². The Labute approximate surface area is 158 Å². The number of rotatable bonds is 4. The Morgan fingerprint density at radius 2 is 1.93 bits per heavy atom. The molecule has 0 amide bonds. The third-order valence-corrected chi connectivity index (χ3v) is 4.40. The summed E-state index contributed by atoms with van der Waals surface area (Å²) in [5.74, 6) is -0.765. The Morgan fingerprint density at radius 3 is 2.70 bits per heavy atom. The number of ether oxygens (including phenoxy) is 1. The van der Waals surface area contributed by atoms with Gasteiger partial charge in [-0.25, -0.2) is 9.37 Å². The molecule has 0 aliphatic rings. The van der Waals surface area contributed by atoms with Crippen LogP contribution in [-0.2, 0) is 0 Å². The predicted octanol–water partition coefficient (Wildman–Crippen LogP) is 4.96. The number of para-hydroxylation sites is 1. The second-order valence-corrected chi connectivity index (χ2v) is 6.24. The Morgan fingerprint density at radius 1 is 1.15 bits per heavy atom. The largest absolute Gasteiger partial charge is 0.454 e. The van der Waals surface area contributed by atoms with Gasteiger partial charge in [-0.15, -0.1) is 0 Å². The number of pyridine rings is 1. The van der Waals surface area contributed by atoms with E-state index in [0.29, 0.717) is 22.5 Å². The number of nitrogens with two attached hydrogens (primary N) is 1. The number of nitrogens with one attached hydrogen (secondary N) is 1. The lowest BCUT2D eigenvalue weighted by Gasteiger charge is -2.10. The molecular weight excluding hydrogens is 369 g/mol. The van der Waals surface area contributed by atoms with Crippen molar-refractivity contribution in [2.75, 3.05) is 5.73 Å². The summed E-state index contributed by atoms with van der Waals surface area (Å²) in [6.45, 7) is 0. The second kappa shape index (κ2) is 6.74. The van der Waals surface area contributed by atoms with Gasteiger partial charge < -0.3 is 15.5 Å². The molecule has 4 aromatic rings. The van der Waals surface area contributed by atoms with Crippen molar-refractivity contribution in [3.8, 4) is 11.5 Å². The van der Waals surface area contributed by atoms with Crippen molar-refractivity contribution in [2.45, 2.75) is 0 Å². The molecule has 0 unspecified atom stereocenters. The van der Waals surface area contributed by atoms with E-state index in [1.807, 2.05) is 6.07 Å². The first-order chi connectivity index (χ1) is 13.0. The van der Waals surface area contributed by atoms with Gasteiger partial charge in [0.25, 0.3) is 0 Å². The first-order valence-corrected chi connectivity index (χ1v) is 8.40. The summed E-state index contributed by atoms with van der Waals surface area (Å²) in [6.07, 6.45) is 3.02. The fourth-order valence-electron chi connectivity index (χ4n) is 2.80. The molecule has 2 aromatic heterocycles. The van der Waals surface area contributed by atoms with E-state index in [1.54, 1.807) is 30.3 Å². The maximum absolute atomic E-state index is 14.5. The minimum atomic E-state index is -0.697. The van der Waals surface area contributed by atoms with E-state index in [-0.39, 0.29) is 21.9 Å². The number of H-pyrrole nitrogens is 1. The quantitative estimate of drug-likeness (QED) is 0.489. The molecule has 4 rings (SSSR count). The van der Waals surface area contributed by atoms with E-state index in [1.165, 1.54) is 18.5 Å². The van der Waals surface area contributed by atoms with Gasteiger partial charge >= 0.3 is 0 Å². The summed E-state index contributed by atoms with van der Waals surface area (Å²) in [4.78, 5) is 19.9. The summed E-state index contributed by atoms with van der Waals surface area (Å²) in [5, 5.41) is 0.549. The SMILES string of the molecule is Nc1ccnc2[nH]cc(C(=O)c3cc(F)c(Oc4ccccc4)cc3Cl)c12. The van der Waals surface area contributed by atoms with Crippen LogP contribution in [0.1, 0.15) is 15.9 Å². The zero-order valence-corrected chi connectivity index (χ0v) is 14.6. The average molecular weight is 382 g/mol. The van der Waals surface area contributed by atoms with Gasteiger partial charge in [-0.2, -0.15) is 0 Å². The van der Waals surface area contributed by atoms with Crippen LogP contribution in [0.4, 0.5) is 10.1 Å². The summed E-state index contributed by atoms with van der Waals surface area (Å²) in [5.41, 5.74) is 7.11. The van der Waals surface area contributed by atoms with Crippen LogP contribution in [0, 0.1) is 5.82 Å². The number of ketones is 1. The van der Waals surface area contributed by atoms with Crippen LogP contribution < -0.4 is 10.5 Å². The van der Waals surface area contributed by atoms with Gasteiger partial charge in [0.1, 0.15) is 11.4 Å². The molecule has 134 valence electrons. The topological polar surface area (TPSA) is 81.0 Å². The van der Waals surface area contributed by atoms with E-state index in [4.69, 9.17) is 22.1 Å². The first-order valence-electron chi connectivity index (χ1n) is 8.03. The molecule has 0 aliphatic carbocycles. The molecule has 2 heterocycles. The highest BCUT2D eigenvalue weighted by Gasteiger charge is 2.21. The molecular formula is C20H13ClFN3O2. The molecule has 0 atom stereocenters. The number of benzene rings is 2. The molecule has 2 aromatic carbocycles. The third-order valence-electron chi connectivity index (χ3n) is 4.09. The van der Waals surface area contributed by atoms with Crippen molar-refractivity contribution >= 4 is 34.1 Å². The lowest BCUT2D eigenvalue weighted by molar-refractivity contribution is 0.104. The highest BCUT2D eigenvalue weighted by atomic mass is 35.5. The highest BCUT2D eigenvalue weighted by Crippen LogP contribution is 2.33. The fraction of sp³-hybridized carbons (Fsp3) is 0. The van der Waals surface area contributed by atoms with Gasteiger partial charge in [-0.05, 0) is 24.3 Å². The molecule has 0 aliphatic heterocycles. The van der Waals surface area contributed by atoms with Crippen molar-refractivity contribution in [1.29, 1.82) is 0 Å². The molecule has 0 saturated carbocycles. The van der Waals surface area contributed by atoms with E-state index < -0.39 is 11.6 Å². The maximum Gasteiger partial charge on any atom is 0.196 e. The highest BCUT2D eigenvalue weighted by molar-refractivity contribution is 6.35. The minimum Gasteiger partial charge on any atom is -0.454 e. The molecule has 0 fully saturated rings. The molecule has 7 heteroatoms. The number of hydrogen-bond donors (Lipinski definition) is 2. The van der Waals surface area contributed by atoms with E-state index in [9.17, 15) is 9.18 Å². The molecule has 3 N–H and O–H groups in total. The van der Waals surface area contributed by atoms with Crippen LogP contribution in [0.25, 0.3) is 11.0 Å². The number of carbonyl (C=O) groups is 1. The smallest absolute Gasteiger partial charge is 0.196 e. The fourth-order valence-corrected chi connectivity index (χ4v) is 3.04. The number of hydrogen-bond acceptors (Lipinski definition) is 4. The van der Waals surface area contributed by atoms with Gasteiger partial charge in [-0.3, -0.25) is 4.79 Å². The van der Waals surface area contributed by atoms with E-state index in [0.717, 1.165) is 6.07 Å². The second-order valence-electron chi connectivity index (χ2n) is 5.83. The van der Waals surface area contributed by atoms with Crippen molar-refractivity contribution in [1.82, 2.24) is 9.97 Å². The van der Waals surface area contributed by atoms with E-state index in [2.05, 4.69) is 9.97 Å². The molecule has 0 saturated heterocycles. The number of aromatic nitrogens is 2. The summed E-state index contributed by atoms with van der Waals surface area (Å²) >= 11 is 6.25. The summed E-state index contributed by atoms with van der Waals surface area (Å²) in [7, 11) is 0. The van der Waals surface area contributed by atoms with Gasteiger partial charge in [-0.1, -0.05) is 29.8 Å². The Kier molecular flexibility index (Phi) is 4.25. The van der Waals surface area contributed by atoms with E-state index >= 15 is 0 Å². The standard InChI is InChI=1S/C20H13ClFN3O2/c21-14-9-17(27-11-4-2-1-3-5-11)15(22)8-12(14)19(26)13-10-25-20-18(13)16(23)6-7-24-20/h1-10H,(H3,23,24,25). The minimum absolute atomic E-state index is 0.0127. The lowest BCUT2D eigenvalue weighted by atomic mass is 10.0. The van der Waals surface area contributed by atoms with Crippen LogP contribution in [0.2, 0.25) is 5.02 Å². The van der Waals surface area contributed by atoms with Crippen molar-refractivity contribution in [2.24, 2.45) is 0 Å². The monoisotopic (exact) mass is 381 g/mol. The molecule has 0 radical (unpaired) electrons. The summed E-state index contributed by atoms with van der Waals surface area (Å²) in [6, 6.07) is 12.7. The van der Waals surface area contributed by atoms with Crippen molar-refractivity contribution < 1.29 is 13.9 Å². The van der Waals surface area contributed by atoms with Crippen molar-refractivity contribution in [3.63, 3.8) is 0 Å². The van der Waals surface area contributed by atoms with Crippen LogP contribution in [0.3, 0.4) is 0 Å². The maximum atomic E-state index is 14.5. The zero-order chi connectivity index (χ0) is 19.0. The summed E-state index contributed by atoms with van der Waals surface area (Å²) < 4.78 is 20.0. The third kappa shape index (κ3) is 3.11. The average Bonchev–Trinajstić information content (AvgIpc) is 3.10. The Bertz CT molecular complexity index is 1160. The van der Waals surface area contributed by atoms with Gasteiger partial charge in [0.2, 0.25) is 0 Å². The van der Waals surface area contributed by atoms with Crippen LogP contribution in [0.5, 0.6) is 11.5 Å². The number of nitrogens with zero attached hydrogens (tertiary/aromatic N) is 1. The number of fused-ring (bicyclic) bond motifs is 1. The number of carbonyl (C=O) groups excluding carboxylic acids is 1. The van der Waals surface area contributed by atoms with Gasteiger partial charge in [0.15, 0.2) is 17.3 Å². The molecule has 0 bridgehead atoms. The Balaban J connectivity index is 1.73. The molecule has 5 nitrogen and oxygen atoms in total. The molecule has 27 heavy (non-hydrogen) atoms. The Hall–Kier alpha value is -3.38. The van der Waals surface area contributed by atoms with Gasteiger partial charge in [0.05, 0.1) is 16.0 Å². The number of aromatic amines is 1. The van der Waals surface area contributed by atoms with Crippen LogP contribution in [0.15, 0.2) is 60.9 Å². The van der Waals surface area contributed by atoms with Gasteiger partial charge in [0, 0.05) is 29.7 Å². The van der Waals surface area contributed by atoms with Crippen molar-refractivity contribution in [3.05, 3.63) is 82.9 Å².